The molecule has 2 aromatic rings. The maximum atomic E-state index is 12.6. The minimum absolute atomic E-state index is 0.114. The summed E-state index contributed by atoms with van der Waals surface area (Å²) < 4.78 is 0. The summed E-state index contributed by atoms with van der Waals surface area (Å²) in [6.07, 6.45) is 3.54. The summed E-state index contributed by atoms with van der Waals surface area (Å²) in [4.78, 5) is 18.5. The van der Waals surface area contributed by atoms with Gasteiger partial charge in [-0.05, 0) is 30.7 Å². The van der Waals surface area contributed by atoms with E-state index in [1.54, 1.807) is 23.2 Å². The molecular weight excluding hydrogens is 250 g/mol. The summed E-state index contributed by atoms with van der Waals surface area (Å²) in [7, 11) is 0. The fraction of sp³-hybridized carbons (Fsp3) is 0.250. The molecule has 0 spiro atoms. The topological polar surface area (TPSA) is 59.2 Å². The van der Waals surface area contributed by atoms with Crippen LogP contribution in [0.5, 0.6) is 0 Å². The summed E-state index contributed by atoms with van der Waals surface area (Å²) in [5, 5.41) is 0. The number of carbonyl (C=O) groups is 1. The van der Waals surface area contributed by atoms with Crippen LogP contribution >= 0.6 is 0 Å². The lowest BCUT2D eigenvalue weighted by Crippen LogP contribution is -2.32. The molecule has 1 heterocycles. The van der Waals surface area contributed by atoms with Crippen molar-refractivity contribution in [2.24, 2.45) is 0 Å². The highest BCUT2D eigenvalue weighted by Gasteiger charge is 2.18. The number of hydrogen-bond acceptors (Lipinski definition) is 3. The van der Waals surface area contributed by atoms with Gasteiger partial charge in [0, 0.05) is 24.1 Å². The van der Waals surface area contributed by atoms with Crippen molar-refractivity contribution in [2.75, 3.05) is 17.2 Å². The molecule has 0 saturated heterocycles. The van der Waals surface area contributed by atoms with Crippen LogP contribution in [0, 0.1) is 0 Å². The SMILES string of the molecule is CCCCN(C(=O)c1cc(N)ccn1)c1ccccc1. The second-order valence-electron chi connectivity index (χ2n) is 4.62. The van der Waals surface area contributed by atoms with Crippen LogP contribution in [0.1, 0.15) is 30.3 Å². The van der Waals surface area contributed by atoms with Crippen LogP contribution < -0.4 is 10.6 Å². The number of aromatic nitrogens is 1. The summed E-state index contributed by atoms with van der Waals surface area (Å²) >= 11 is 0. The number of carbonyl (C=O) groups excluding carboxylic acids is 1. The van der Waals surface area contributed by atoms with E-state index in [-0.39, 0.29) is 5.91 Å². The van der Waals surface area contributed by atoms with Gasteiger partial charge >= 0.3 is 0 Å². The van der Waals surface area contributed by atoms with Crippen LogP contribution in [0.3, 0.4) is 0 Å². The molecule has 0 radical (unpaired) electrons. The number of para-hydroxylation sites is 1. The number of anilines is 2. The van der Waals surface area contributed by atoms with Crippen molar-refractivity contribution in [1.82, 2.24) is 4.98 Å². The van der Waals surface area contributed by atoms with E-state index in [1.807, 2.05) is 30.3 Å². The Morgan fingerprint density at radius 1 is 1.25 bits per heavy atom. The normalized spacial score (nSPS) is 10.2. The highest BCUT2D eigenvalue weighted by molar-refractivity contribution is 6.05. The van der Waals surface area contributed by atoms with E-state index < -0.39 is 0 Å². The van der Waals surface area contributed by atoms with Crippen LogP contribution in [-0.2, 0) is 0 Å². The first kappa shape index (κ1) is 14.1. The van der Waals surface area contributed by atoms with E-state index >= 15 is 0 Å². The molecular formula is C16H19N3O. The molecule has 0 bridgehead atoms. The first-order chi connectivity index (χ1) is 9.72. The Bertz CT molecular complexity index is 569. The van der Waals surface area contributed by atoms with Gasteiger partial charge in [0.05, 0.1) is 0 Å². The number of nitrogens with two attached hydrogens (primary N) is 1. The van der Waals surface area contributed by atoms with Gasteiger partial charge in [-0.15, -0.1) is 0 Å². The van der Waals surface area contributed by atoms with Crippen LogP contribution in [0.25, 0.3) is 0 Å². The predicted molar refractivity (Wildman–Crippen MR) is 81.7 cm³/mol. The van der Waals surface area contributed by atoms with Gasteiger partial charge in [-0.1, -0.05) is 31.5 Å². The molecule has 1 aromatic carbocycles. The minimum Gasteiger partial charge on any atom is -0.399 e. The van der Waals surface area contributed by atoms with E-state index in [0.717, 1.165) is 18.5 Å². The summed E-state index contributed by atoms with van der Waals surface area (Å²) in [5.41, 5.74) is 7.54. The Morgan fingerprint density at radius 3 is 2.65 bits per heavy atom. The van der Waals surface area contributed by atoms with Crippen molar-refractivity contribution >= 4 is 17.3 Å². The number of rotatable bonds is 5. The molecule has 0 aliphatic heterocycles. The van der Waals surface area contributed by atoms with Gasteiger partial charge in [-0.25, -0.2) is 0 Å². The zero-order chi connectivity index (χ0) is 14.4. The zero-order valence-electron chi connectivity index (χ0n) is 11.6. The third kappa shape index (κ3) is 3.35. The van der Waals surface area contributed by atoms with E-state index in [0.29, 0.717) is 17.9 Å². The van der Waals surface area contributed by atoms with Crippen molar-refractivity contribution < 1.29 is 4.79 Å². The monoisotopic (exact) mass is 269 g/mol. The smallest absolute Gasteiger partial charge is 0.276 e. The van der Waals surface area contributed by atoms with Crippen LogP contribution in [0.15, 0.2) is 48.7 Å². The summed E-state index contributed by atoms with van der Waals surface area (Å²) in [5.74, 6) is -0.114. The Hall–Kier alpha value is -2.36. The third-order valence-corrected chi connectivity index (χ3v) is 3.05. The quantitative estimate of drug-likeness (QED) is 0.907. The van der Waals surface area contributed by atoms with Gasteiger partial charge in [0.2, 0.25) is 0 Å². The van der Waals surface area contributed by atoms with E-state index in [9.17, 15) is 4.79 Å². The minimum atomic E-state index is -0.114. The third-order valence-electron chi connectivity index (χ3n) is 3.05. The molecule has 0 atom stereocenters. The Labute approximate surface area is 119 Å². The molecule has 0 aliphatic carbocycles. The average Bonchev–Trinajstić information content (AvgIpc) is 2.48. The van der Waals surface area contributed by atoms with Crippen molar-refractivity contribution in [2.45, 2.75) is 19.8 Å². The standard InChI is InChI=1S/C16H19N3O/c1-2-3-11-19(14-7-5-4-6-8-14)16(20)15-12-13(17)9-10-18-15/h4-10,12H,2-3,11H2,1H3,(H2,17,18). The molecule has 20 heavy (non-hydrogen) atoms. The van der Waals surface area contributed by atoms with E-state index in [2.05, 4.69) is 11.9 Å². The number of amides is 1. The lowest BCUT2D eigenvalue weighted by atomic mass is 10.2. The molecule has 4 nitrogen and oxygen atoms in total. The maximum absolute atomic E-state index is 12.6. The maximum Gasteiger partial charge on any atom is 0.276 e. The highest BCUT2D eigenvalue weighted by Crippen LogP contribution is 2.17. The van der Waals surface area contributed by atoms with Gasteiger partial charge < -0.3 is 10.6 Å². The number of nitrogens with zero attached hydrogens (tertiary/aromatic N) is 2. The van der Waals surface area contributed by atoms with Crippen LogP contribution in [-0.4, -0.2) is 17.4 Å². The molecule has 0 unspecified atom stereocenters. The van der Waals surface area contributed by atoms with Crippen molar-refractivity contribution in [3.05, 3.63) is 54.4 Å². The fourth-order valence-corrected chi connectivity index (χ4v) is 1.97. The molecule has 2 N–H and O–H groups in total. The molecule has 2 rings (SSSR count). The van der Waals surface area contributed by atoms with Crippen LogP contribution in [0.2, 0.25) is 0 Å². The second kappa shape index (κ2) is 6.70. The average molecular weight is 269 g/mol. The Morgan fingerprint density at radius 2 is 2.00 bits per heavy atom. The Balaban J connectivity index is 2.29. The van der Waals surface area contributed by atoms with Gasteiger partial charge in [0.25, 0.3) is 5.91 Å². The molecule has 1 aromatic heterocycles. The molecule has 0 saturated carbocycles. The highest BCUT2D eigenvalue weighted by atomic mass is 16.2. The predicted octanol–water partition coefficient (Wildman–Crippen LogP) is 3.11. The Kier molecular flexibility index (Phi) is 4.71. The fourth-order valence-electron chi connectivity index (χ4n) is 1.97. The summed E-state index contributed by atoms with van der Waals surface area (Å²) in [6, 6.07) is 12.9. The molecule has 4 heteroatoms. The number of benzene rings is 1. The molecule has 104 valence electrons. The largest absolute Gasteiger partial charge is 0.399 e. The number of unbranched alkanes of at least 4 members (excludes halogenated alkanes) is 1. The van der Waals surface area contributed by atoms with Crippen molar-refractivity contribution in [1.29, 1.82) is 0 Å². The lowest BCUT2D eigenvalue weighted by Gasteiger charge is -2.22. The van der Waals surface area contributed by atoms with Gasteiger partial charge in [-0.2, -0.15) is 0 Å². The summed E-state index contributed by atoms with van der Waals surface area (Å²) in [6.45, 7) is 2.78. The van der Waals surface area contributed by atoms with Gasteiger partial charge in [0.1, 0.15) is 5.69 Å². The molecule has 0 aliphatic rings. The number of hydrogen-bond donors (Lipinski definition) is 1. The van der Waals surface area contributed by atoms with E-state index in [4.69, 9.17) is 5.73 Å². The first-order valence-corrected chi connectivity index (χ1v) is 6.81. The van der Waals surface area contributed by atoms with Crippen LogP contribution in [0.4, 0.5) is 11.4 Å². The number of nitrogen functional groups attached to an aromatic ring is 1. The first-order valence-electron chi connectivity index (χ1n) is 6.81. The van der Waals surface area contributed by atoms with Crippen molar-refractivity contribution in [3.63, 3.8) is 0 Å². The number of pyridine rings is 1. The lowest BCUT2D eigenvalue weighted by molar-refractivity contribution is 0.0982. The zero-order valence-corrected chi connectivity index (χ0v) is 11.6. The second-order valence-corrected chi connectivity index (χ2v) is 4.62. The molecule has 0 fully saturated rings. The van der Waals surface area contributed by atoms with Gasteiger partial charge in [-0.3, -0.25) is 9.78 Å². The molecule has 1 amide bonds. The van der Waals surface area contributed by atoms with Gasteiger partial charge in [0.15, 0.2) is 0 Å². The van der Waals surface area contributed by atoms with Crippen molar-refractivity contribution in [3.8, 4) is 0 Å². The van der Waals surface area contributed by atoms with E-state index in [1.165, 1.54) is 0 Å².